The van der Waals surface area contributed by atoms with E-state index < -0.39 is 23.5 Å². The molecule has 3 N–H and O–H groups in total. The second kappa shape index (κ2) is 8.39. The van der Waals surface area contributed by atoms with E-state index in [1.165, 1.54) is 11.3 Å². The quantitative estimate of drug-likeness (QED) is 0.703. The lowest BCUT2D eigenvalue weighted by Gasteiger charge is -2.26. The first-order chi connectivity index (χ1) is 11.1. The average molecular weight is 353 g/mol. The van der Waals surface area contributed by atoms with E-state index in [9.17, 15) is 14.7 Å². The minimum atomic E-state index is -1.18. The molecule has 0 aromatic carbocycles. The summed E-state index contributed by atoms with van der Waals surface area (Å²) in [5.74, 6) is -0.881. The molecule has 1 rings (SSSR count). The van der Waals surface area contributed by atoms with Crippen molar-refractivity contribution in [3.63, 3.8) is 0 Å². The Hall–Kier alpha value is -1.73. The SMILES string of the molecule is C=Cc1sc(NC(=O)[C@H](CCC)NC(=O)[C@@H](O)C(C)(C)C)nc1C. The van der Waals surface area contributed by atoms with Crippen LogP contribution in [0, 0.1) is 12.3 Å². The van der Waals surface area contributed by atoms with Crippen LogP contribution < -0.4 is 10.6 Å². The maximum atomic E-state index is 12.5. The van der Waals surface area contributed by atoms with Crippen molar-refractivity contribution in [2.45, 2.75) is 59.6 Å². The van der Waals surface area contributed by atoms with Crippen molar-refractivity contribution in [3.8, 4) is 0 Å². The van der Waals surface area contributed by atoms with Gasteiger partial charge in [0.2, 0.25) is 11.8 Å². The third-order valence-corrected chi connectivity index (χ3v) is 4.60. The van der Waals surface area contributed by atoms with Gasteiger partial charge in [0, 0.05) is 0 Å². The van der Waals surface area contributed by atoms with Gasteiger partial charge in [-0.25, -0.2) is 4.98 Å². The predicted octanol–water partition coefficient (Wildman–Crippen LogP) is 2.72. The largest absolute Gasteiger partial charge is 0.383 e. The van der Waals surface area contributed by atoms with Crippen molar-refractivity contribution >= 4 is 34.4 Å². The van der Waals surface area contributed by atoms with E-state index >= 15 is 0 Å². The number of aliphatic hydroxyl groups is 1. The van der Waals surface area contributed by atoms with Gasteiger partial charge in [-0.2, -0.15) is 0 Å². The van der Waals surface area contributed by atoms with Gasteiger partial charge in [0.15, 0.2) is 5.13 Å². The van der Waals surface area contributed by atoms with Crippen molar-refractivity contribution in [1.29, 1.82) is 0 Å². The van der Waals surface area contributed by atoms with Gasteiger partial charge in [-0.3, -0.25) is 9.59 Å². The summed E-state index contributed by atoms with van der Waals surface area (Å²) in [6, 6.07) is -0.712. The van der Waals surface area contributed by atoms with E-state index in [4.69, 9.17) is 0 Å². The standard InChI is InChI=1S/C17H27N3O3S/c1-7-9-11(19-15(23)13(21)17(4,5)6)14(22)20-16-18-10(3)12(8-2)24-16/h8,11,13,21H,2,7,9H2,1,3-6H3,(H,19,23)(H,18,20,22)/t11-,13+/m0/s1. The van der Waals surface area contributed by atoms with E-state index in [0.29, 0.717) is 11.6 Å². The number of nitrogens with zero attached hydrogens (tertiary/aromatic N) is 1. The zero-order valence-corrected chi connectivity index (χ0v) is 15.8. The van der Waals surface area contributed by atoms with Crippen molar-refractivity contribution in [2.24, 2.45) is 5.41 Å². The van der Waals surface area contributed by atoms with E-state index in [0.717, 1.165) is 17.0 Å². The summed E-state index contributed by atoms with van der Waals surface area (Å²) in [4.78, 5) is 29.8. The molecule has 134 valence electrons. The van der Waals surface area contributed by atoms with Gasteiger partial charge in [-0.15, -0.1) is 0 Å². The summed E-state index contributed by atoms with van der Waals surface area (Å²) in [5, 5.41) is 15.9. The van der Waals surface area contributed by atoms with E-state index in [1.54, 1.807) is 26.8 Å². The molecular formula is C17H27N3O3S. The Morgan fingerprint density at radius 2 is 2.00 bits per heavy atom. The first-order valence-electron chi connectivity index (χ1n) is 7.99. The Kier molecular flexibility index (Phi) is 7.10. The number of carbonyl (C=O) groups is 2. The Morgan fingerprint density at radius 3 is 2.46 bits per heavy atom. The number of aromatic nitrogens is 1. The first-order valence-corrected chi connectivity index (χ1v) is 8.81. The Morgan fingerprint density at radius 1 is 1.38 bits per heavy atom. The number of hydrogen-bond acceptors (Lipinski definition) is 5. The fraction of sp³-hybridized carbons (Fsp3) is 0.588. The van der Waals surface area contributed by atoms with Crippen LogP contribution >= 0.6 is 11.3 Å². The predicted molar refractivity (Wildman–Crippen MR) is 97.9 cm³/mol. The van der Waals surface area contributed by atoms with Crippen molar-refractivity contribution < 1.29 is 14.7 Å². The molecule has 0 aliphatic carbocycles. The van der Waals surface area contributed by atoms with Crippen LogP contribution in [-0.2, 0) is 9.59 Å². The molecule has 0 aliphatic rings. The number of nitrogens with one attached hydrogen (secondary N) is 2. The molecule has 2 atom stereocenters. The molecule has 0 spiro atoms. The number of anilines is 1. The molecule has 0 fully saturated rings. The zero-order valence-electron chi connectivity index (χ0n) is 15.0. The summed E-state index contributed by atoms with van der Waals surface area (Å²) in [6.45, 7) is 12.8. The fourth-order valence-electron chi connectivity index (χ4n) is 2.05. The maximum absolute atomic E-state index is 12.5. The molecule has 7 heteroatoms. The Bertz CT molecular complexity index is 605. The molecule has 24 heavy (non-hydrogen) atoms. The number of rotatable bonds is 7. The van der Waals surface area contributed by atoms with E-state index in [-0.39, 0.29) is 5.91 Å². The van der Waals surface area contributed by atoms with Crippen LogP contribution in [0.1, 0.15) is 51.1 Å². The molecule has 0 unspecified atom stereocenters. The molecule has 0 radical (unpaired) electrons. The Labute approximate surface area is 147 Å². The van der Waals surface area contributed by atoms with Crippen LogP contribution in [-0.4, -0.2) is 34.1 Å². The van der Waals surface area contributed by atoms with Gasteiger partial charge in [-0.1, -0.05) is 58.1 Å². The smallest absolute Gasteiger partial charge is 0.250 e. The van der Waals surface area contributed by atoms with E-state index in [1.807, 2.05) is 13.8 Å². The molecule has 0 bridgehead atoms. The molecular weight excluding hydrogens is 326 g/mol. The highest BCUT2D eigenvalue weighted by atomic mass is 32.1. The zero-order chi connectivity index (χ0) is 18.5. The lowest BCUT2D eigenvalue weighted by Crippen LogP contribution is -2.50. The third-order valence-electron chi connectivity index (χ3n) is 3.53. The minimum absolute atomic E-state index is 0.337. The fourth-order valence-corrected chi connectivity index (χ4v) is 2.86. The van der Waals surface area contributed by atoms with E-state index in [2.05, 4.69) is 22.2 Å². The third kappa shape index (κ3) is 5.42. The highest BCUT2D eigenvalue weighted by molar-refractivity contribution is 7.16. The summed E-state index contributed by atoms with van der Waals surface area (Å²) in [6.07, 6.45) is 1.71. The summed E-state index contributed by atoms with van der Waals surface area (Å²) in [7, 11) is 0. The maximum Gasteiger partial charge on any atom is 0.250 e. The van der Waals surface area contributed by atoms with Crippen molar-refractivity contribution in [3.05, 3.63) is 17.2 Å². The van der Waals surface area contributed by atoms with Crippen molar-refractivity contribution in [1.82, 2.24) is 10.3 Å². The number of thiazole rings is 1. The molecule has 2 amide bonds. The van der Waals surface area contributed by atoms with Gasteiger partial charge >= 0.3 is 0 Å². The van der Waals surface area contributed by atoms with Gasteiger partial charge in [0.05, 0.1) is 10.6 Å². The van der Waals surface area contributed by atoms with Gasteiger partial charge in [-0.05, 0) is 18.8 Å². The van der Waals surface area contributed by atoms with Crippen molar-refractivity contribution in [2.75, 3.05) is 5.32 Å². The molecule has 0 saturated heterocycles. The van der Waals surface area contributed by atoms with Crippen LogP contribution in [0.4, 0.5) is 5.13 Å². The lowest BCUT2D eigenvalue weighted by molar-refractivity contribution is -0.137. The van der Waals surface area contributed by atoms with Crippen LogP contribution in [0.15, 0.2) is 6.58 Å². The molecule has 1 aromatic heterocycles. The highest BCUT2D eigenvalue weighted by Gasteiger charge is 2.31. The molecule has 0 saturated carbocycles. The van der Waals surface area contributed by atoms with Crippen LogP contribution in [0.2, 0.25) is 0 Å². The second-order valence-corrected chi connectivity index (χ2v) is 7.81. The minimum Gasteiger partial charge on any atom is -0.383 e. The first kappa shape index (κ1) is 20.3. The number of hydrogen-bond donors (Lipinski definition) is 3. The summed E-state index contributed by atoms with van der Waals surface area (Å²) < 4.78 is 0. The number of amides is 2. The topological polar surface area (TPSA) is 91.3 Å². The molecule has 6 nitrogen and oxygen atoms in total. The normalized spacial score (nSPS) is 13.9. The highest BCUT2D eigenvalue weighted by Crippen LogP contribution is 2.24. The summed E-state index contributed by atoms with van der Waals surface area (Å²) >= 11 is 1.33. The molecule has 1 aromatic rings. The summed E-state index contributed by atoms with van der Waals surface area (Å²) in [5.41, 5.74) is 0.201. The van der Waals surface area contributed by atoms with Gasteiger partial charge in [0.25, 0.3) is 0 Å². The van der Waals surface area contributed by atoms with Gasteiger partial charge in [0.1, 0.15) is 12.1 Å². The number of aliphatic hydroxyl groups excluding tert-OH is 1. The Balaban J connectivity index is 2.81. The lowest BCUT2D eigenvalue weighted by atomic mass is 9.88. The van der Waals surface area contributed by atoms with Crippen LogP contribution in [0.5, 0.6) is 0 Å². The average Bonchev–Trinajstić information content (AvgIpc) is 2.84. The molecule has 1 heterocycles. The van der Waals surface area contributed by atoms with Gasteiger partial charge < -0.3 is 15.7 Å². The monoisotopic (exact) mass is 353 g/mol. The number of carbonyl (C=O) groups excluding carboxylic acids is 2. The second-order valence-electron chi connectivity index (χ2n) is 6.78. The molecule has 0 aliphatic heterocycles. The number of aryl methyl sites for hydroxylation is 1. The van der Waals surface area contributed by atoms with Crippen LogP contribution in [0.25, 0.3) is 6.08 Å². The van der Waals surface area contributed by atoms with Crippen LogP contribution in [0.3, 0.4) is 0 Å².